The molecule has 2 amide bonds. The third-order valence-electron chi connectivity index (χ3n) is 7.29. The van der Waals surface area contributed by atoms with E-state index in [1.54, 1.807) is 32.3 Å². The topological polar surface area (TPSA) is 76.1 Å². The summed E-state index contributed by atoms with van der Waals surface area (Å²) in [6, 6.07) is 13.2. The maximum absolute atomic E-state index is 14.5. The first-order valence-corrected chi connectivity index (χ1v) is 12.8. The Hall–Kier alpha value is -2.75. The molecule has 0 bridgehead atoms. The molecule has 4 rings (SSSR count). The molecule has 2 aromatic carbocycles. The number of carbonyl (C=O) groups is 2. The average molecular weight is 535 g/mol. The van der Waals surface area contributed by atoms with E-state index in [9.17, 15) is 23.5 Å². The third-order valence-corrected chi connectivity index (χ3v) is 7.60. The fourth-order valence-corrected chi connectivity index (χ4v) is 5.33. The number of nitrogens with one attached hydrogen (secondary N) is 1. The van der Waals surface area contributed by atoms with Crippen LogP contribution >= 0.6 is 11.6 Å². The first-order valence-electron chi connectivity index (χ1n) is 12.4. The van der Waals surface area contributed by atoms with Crippen LogP contribution in [0.3, 0.4) is 0 Å². The van der Waals surface area contributed by atoms with Crippen molar-refractivity contribution in [1.29, 1.82) is 0 Å². The Bertz CT molecular complexity index is 1130. The van der Waals surface area contributed by atoms with E-state index in [1.807, 2.05) is 6.07 Å². The van der Waals surface area contributed by atoms with Gasteiger partial charge in [-0.25, -0.2) is 8.78 Å². The van der Waals surface area contributed by atoms with Crippen LogP contribution in [0.25, 0.3) is 0 Å². The van der Waals surface area contributed by atoms with E-state index in [-0.39, 0.29) is 23.6 Å². The van der Waals surface area contributed by atoms with Crippen LogP contribution in [0.15, 0.2) is 48.5 Å². The second-order valence-electron chi connectivity index (χ2n) is 10.2. The lowest BCUT2D eigenvalue weighted by molar-refractivity contribution is -0.200. The lowest BCUT2D eigenvalue weighted by Crippen LogP contribution is -2.62. The van der Waals surface area contributed by atoms with E-state index in [2.05, 4.69) is 10.2 Å². The molecule has 0 aromatic heterocycles. The zero-order valence-corrected chi connectivity index (χ0v) is 22.0. The molecule has 1 unspecified atom stereocenters. The average Bonchev–Trinajstić information content (AvgIpc) is 2.84. The van der Waals surface area contributed by atoms with Crippen LogP contribution in [0.4, 0.5) is 14.5 Å². The molecule has 2 fully saturated rings. The van der Waals surface area contributed by atoms with Gasteiger partial charge < -0.3 is 20.2 Å². The maximum Gasteiger partial charge on any atom is 0.286 e. The summed E-state index contributed by atoms with van der Waals surface area (Å²) in [5, 5.41) is 14.8. The molecule has 2 heterocycles. The number of nitrogens with zero attached hydrogens (tertiary/aromatic N) is 3. The van der Waals surface area contributed by atoms with Gasteiger partial charge in [-0.15, -0.1) is 0 Å². The van der Waals surface area contributed by atoms with Crippen LogP contribution in [-0.2, 0) is 10.4 Å². The quantitative estimate of drug-likeness (QED) is 0.567. The van der Waals surface area contributed by atoms with E-state index >= 15 is 0 Å². The Balaban J connectivity index is 1.30. The summed E-state index contributed by atoms with van der Waals surface area (Å²) >= 11 is 6.31. The predicted molar refractivity (Wildman–Crippen MR) is 139 cm³/mol. The molecule has 2 aliphatic heterocycles. The highest BCUT2D eigenvalue weighted by Gasteiger charge is 2.57. The van der Waals surface area contributed by atoms with Crippen LogP contribution in [-0.4, -0.2) is 89.9 Å². The normalized spacial score (nSPS) is 19.2. The van der Waals surface area contributed by atoms with Gasteiger partial charge in [0.15, 0.2) is 0 Å². The van der Waals surface area contributed by atoms with Crippen molar-refractivity contribution in [2.24, 2.45) is 0 Å². The molecule has 1 atom stereocenters. The van der Waals surface area contributed by atoms with Crippen LogP contribution < -0.4 is 5.32 Å². The second-order valence-corrected chi connectivity index (χ2v) is 10.6. The summed E-state index contributed by atoms with van der Waals surface area (Å²) in [4.78, 5) is 30.5. The Morgan fingerprint density at radius 2 is 1.70 bits per heavy atom. The van der Waals surface area contributed by atoms with Crippen molar-refractivity contribution in [3.8, 4) is 0 Å². The number of likely N-dealkylation sites (tertiary alicyclic amines) is 2. The summed E-state index contributed by atoms with van der Waals surface area (Å²) < 4.78 is 29.1. The highest BCUT2D eigenvalue weighted by Crippen LogP contribution is 2.40. The first-order chi connectivity index (χ1) is 17.4. The molecule has 2 aliphatic rings. The van der Waals surface area contributed by atoms with Gasteiger partial charge in [0.2, 0.25) is 5.60 Å². The number of hydrogen-bond donors (Lipinski definition) is 2. The van der Waals surface area contributed by atoms with Gasteiger partial charge in [0.05, 0.1) is 16.6 Å². The van der Waals surface area contributed by atoms with Gasteiger partial charge in [-0.2, -0.15) is 0 Å². The van der Waals surface area contributed by atoms with Crippen molar-refractivity contribution >= 4 is 29.1 Å². The highest BCUT2D eigenvalue weighted by molar-refractivity contribution is 6.34. The molecule has 0 spiro atoms. The summed E-state index contributed by atoms with van der Waals surface area (Å²) in [6.07, 6.45) is 1.29. The number of piperidine rings is 1. The van der Waals surface area contributed by atoms with Crippen molar-refractivity contribution < 1.29 is 23.5 Å². The summed E-state index contributed by atoms with van der Waals surface area (Å²) in [5.74, 6) is -4.75. The Labute approximate surface area is 221 Å². The van der Waals surface area contributed by atoms with E-state index in [0.29, 0.717) is 43.4 Å². The van der Waals surface area contributed by atoms with Gasteiger partial charge >= 0.3 is 0 Å². The molecule has 2 aromatic rings. The van der Waals surface area contributed by atoms with Crippen LogP contribution in [0.5, 0.6) is 0 Å². The third kappa shape index (κ3) is 5.44. The molecule has 0 aliphatic carbocycles. The first kappa shape index (κ1) is 27.3. The number of rotatable bonds is 7. The largest absolute Gasteiger partial charge is 0.380 e. The molecule has 0 radical (unpaired) electrons. The number of halogens is 3. The molecule has 10 heteroatoms. The molecular formula is C27H33ClF2N4O3. The van der Waals surface area contributed by atoms with Gasteiger partial charge in [0, 0.05) is 58.9 Å². The minimum absolute atomic E-state index is 0.106. The van der Waals surface area contributed by atoms with Crippen LogP contribution in [0, 0.1) is 0 Å². The van der Waals surface area contributed by atoms with E-state index < -0.39 is 17.4 Å². The van der Waals surface area contributed by atoms with E-state index in [1.165, 1.54) is 34.1 Å². The number of aliphatic hydroxyl groups is 1. The van der Waals surface area contributed by atoms with Crippen LogP contribution in [0.2, 0.25) is 5.02 Å². The lowest BCUT2D eigenvalue weighted by atomic mass is 9.85. The van der Waals surface area contributed by atoms with Crippen molar-refractivity contribution in [2.45, 2.75) is 43.4 Å². The van der Waals surface area contributed by atoms with Gasteiger partial charge in [-0.3, -0.25) is 14.5 Å². The number of alkyl halides is 2. The fourth-order valence-electron chi connectivity index (χ4n) is 5.06. The molecule has 2 N–H and O–H groups in total. The van der Waals surface area contributed by atoms with Gasteiger partial charge in [0.25, 0.3) is 17.7 Å². The molecule has 0 saturated carbocycles. The molecule has 37 heavy (non-hydrogen) atoms. The lowest BCUT2D eigenvalue weighted by Gasteiger charge is -2.48. The standard InChI is InChI=1S/C27H33ClF2N4O3/c1-26(29,30)27(37,18-7-5-4-6-8-18)25(36)33-13-11-21(12-14-33)34-16-20(17-34)31-19-9-10-22(23(28)15-19)24(35)32(2)3/h4-10,15,20-21,31,37H,11-14,16-17H2,1-3H3. The minimum Gasteiger partial charge on any atom is -0.380 e. The zero-order valence-electron chi connectivity index (χ0n) is 21.3. The highest BCUT2D eigenvalue weighted by atomic mass is 35.5. The van der Waals surface area contributed by atoms with Crippen molar-refractivity contribution in [3.63, 3.8) is 0 Å². The molecule has 7 nitrogen and oxygen atoms in total. The number of hydrogen-bond acceptors (Lipinski definition) is 5. The van der Waals surface area contributed by atoms with Crippen molar-refractivity contribution in [2.75, 3.05) is 45.6 Å². The Morgan fingerprint density at radius 1 is 1.08 bits per heavy atom. The summed E-state index contributed by atoms with van der Waals surface area (Å²) in [7, 11) is 3.35. The maximum atomic E-state index is 14.5. The fraction of sp³-hybridized carbons (Fsp3) is 0.481. The minimum atomic E-state index is -3.64. The van der Waals surface area contributed by atoms with Gasteiger partial charge in [-0.1, -0.05) is 41.9 Å². The van der Waals surface area contributed by atoms with Crippen molar-refractivity contribution in [3.05, 3.63) is 64.7 Å². The Kier molecular flexibility index (Phi) is 7.78. The van der Waals surface area contributed by atoms with Gasteiger partial charge in [-0.05, 0) is 36.6 Å². The van der Waals surface area contributed by atoms with E-state index in [0.717, 1.165) is 18.8 Å². The number of benzene rings is 2. The number of amides is 2. The predicted octanol–water partition coefficient (Wildman–Crippen LogP) is 3.67. The summed E-state index contributed by atoms with van der Waals surface area (Å²) in [6.45, 7) is 2.80. The molecular weight excluding hydrogens is 502 g/mol. The molecule has 2 saturated heterocycles. The van der Waals surface area contributed by atoms with E-state index in [4.69, 9.17) is 11.6 Å². The van der Waals surface area contributed by atoms with Crippen molar-refractivity contribution in [1.82, 2.24) is 14.7 Å². The smallest absolute Gasteiger partial charge is 0.286 e. The number of carbonyl (C=O) groups excluding carboxylic acids is 2. The monoisotopic (exact) mass is 534 g/mol. The Morgan fingerprint density at radius 3 is 2.24 bits per heavy atom. The summed E-state index contributed by atoms with van der Waals surface area (Å²) in [5.41, 5.74) is -1.72. The van der Waals surface area contributed by atoms with Crippen LogP contribution in [0.1, 0.15) is 35.7 Å². The number of anilines is 1. The van der Waals surface area contributed by atoms with Gasteiger partial charge in [0.1, 0.15) is 0 Å². The SMILES string of the molecule is CN(C)C(=O)c1ccc(NC2CN(C3CCN(C(=O)C(O)(c4ccccc4)C(C)(F)F)CC3)C2)cc1Cl. The molecule has 200 valence electrons. The second kappa shape index (κ2) is 10.6. The zero-order chi connectivity index (χ0) is 27.0.